The molecule has 2 heterocycles. The third kappa shape index (κ3) is 2.95. The third-order valence-electron chi connectivity index (χ3n) is 2.34. The smallest absolute Gasteiger partial charge is 0.206 e. The van der Waals surface area contributed by atoms with Gasteiger partial charge in [0.15, 0.2) is 0 Å². The van der Waals surface area contributed by atoms with E-state index in [1.54, 1.807) is 6.07 Å². The van der Waals surface area contributed by atoms with Crippen LogP contribution in [0, 0.1) is 0 Å². The van der Waals surface area contributed by atoms with Gasteiger partial charge in [-0.1, -0.05) is 17.7 Å². The van der Waals surface area contributed by atoms with E-state index in [-0.39, 0.29) is 4.21 Å². The Balaban J connectivity index is 2.29. The molecule has 18 heavy (non-hydrogen) atoms. The summed E-state index contributed by atoms with van der Waals surface area (Å²) in [5.74, 6) is 0. The van der Waals surface area contributed by atoms with E-state index in [0.717, 1.165) is 16.2 Å². The van der Waals surface area contributed by atoms with Gasteiger partial charge in [0.25, 0.3) is 10.0 Å². The van der Waals surface area contributed by atoms with E-state index in [0.29, 0.717) is 4.34 Å². The Labute approximate surface area is 119 Å². The largest absolute Gasteiger partial charge is 0.250 e. The maximum absolute atomic E-state index is 12.2. The van der Waals surface area contributed by atoms with Crippen molar-refractivity contribution in [2.75, 3.05) is 0 Å². The van der Waals surface area contributed by atoms with Crippen molar-refractivity contribution in [1.29, 1.82) is 0 Å². The highest BCUT2D eigenvalue weighted by Crippen LogP contribution is 2.30. The van der Waals surface area contributed by atoms with Crippen LogP contribution < -0.4 is 4.72 Å². The van der Waals surface area contributed by atoms with Gasteiger partial charge in [0, 0.05) is 4.88 Å². The predicted molar refractivity (Wildman–Crippen MR) is 77.0 cm³/mol. The molecule has 0 atom stereocenters. The lowest BCUT2D eigenvalue weighted by molar-refractivity contribution is 0.481. The molecular weight excluding hydrogens is 310 g/mol. The molecule has 2 aromatic heterocycles. The lowest BCUT2D eigenvalue weighted by Crippen LogP contribution is -2.39. The molecule has 0 saturated carbocycles. The van der Waals surface area contributed by atoms with E-state index in [9.17, 15) is 8.42 Å². The quantitative estimate of drug-likeness (QED) is 0.933. The summed E-state index contributed by atoms with van der Waals surface area (Å²) < 4.78 is 27.8. The number of hydrogen-bond acceptors (Lipinski definition) is 4. The van der Waals surface area contributed by atoms with Crippen molar-refractivity contribution in [3.63, 3.8) is 0 Å². The first kappa shape index (κ1) is 14.0. The average Bonchev–Trinajstić information content (AvgIpc) is 2.84. The molecule has 3 nitrogen and oxygen atoms in total. The average molecular weight is 322 g/mol. The summed E-state index contributed by atoms with van der Waals surface area (Å²) in [7, 11) is -3.53. The Kier molecular flexibility index (Phi) is 3.85. The third-order valence-corrected chi connectivity index (χ3v) is 6.91. The zero-order valence-electron chi connectivity index (χ0n) is 9.81. The lowest BCUT2D eigenvalue weighted by atomic mass is 10.1. The topological polar surface area (TPSA) is 46.2 Å². The van der Waals surface area contributed by atoms with Crippen LogP contribution in [-0.4, -0.2) is 8.42 Å². The summed E-state index contributed by atoms with van der Waals surface area (Å²) in [6.45, 7) is 3.68. The molecule has 0 aliphatic carbocycles. The van der Waals surface area contributed by atoms with Crippen molar-refractivity contribution in [3.05, 3.63) is 38.9 Å². The van der Waals surface area contributed by atoms with Crippen LogP contribution >= 0.6 is 34.3 Å². The second kappa shape index (κ2) is 4.94. The maximum atomic E-state index is 12.2. The zero-order valence-corrected chi connectivity index (χ0v) is 13.0. The highest BCUT2D eigenvalue weighted by atomic mass is 35.5. The summed E-state index contributed by atoms with van der Waals surface area (Å²) in [6.07, 6.45) is 0. The van der Waals surface area contributed by atoms with Crippen LogP contribution in [0.4, 0.5) is 0 Å². The Hall–Kier alpha value is -0.400. The van der Waals surface area contributed by atoms with Gasteiger partial charge in [-0.15, -0.1) is 22.7 Å². The van der Waals surface area contributed by atoms with Gasteiger partial charge in [-0.2, -0.15) is 4.72 Å². The SMILES string of the molecule is CC(C)(NS(=O)(=O)c1ccc(Cl)s1)c1cccs1. The molecule has 7 heteroatoms. The molecule has 2 aromatic rings. The number of sulfonamides is 1. The molecule has 0 radical (unpaired) electrons. The van der Waals surface area contributed by atoms with E-state index < -0.39 is 15.6 Å². The zero-order chi connectivity index (χ0) is 13.4. The fourth-order valence-electron chi connectivity index (χ4n) is 1.51. The van der Waals surface area contributed by atoms with Crippen LogP contribution in [-0.2, 0) is 15.6 Å². The number of thiophene rings is 2. The normalized spacial score (nSPS) is 12.8. The van der Waals surface area contributed by atoms with Gasteiger partial charge in [-0.3, -0.25) is 0 Å². The minimum atomic E-state index is -3.53. The summed E-state index contributed by atoms with van der Waals surface area (Å²) in [5, 5.41) is 1.92. The predicted octanol–water partition coefficient (Wildman–Crippen LogP) is 3.68. The Morgan fingerprint density at radius 3 is 2.50 bits per heavy atom. The van der Waals surface area contributed by atoms with E-state index in [4.69, 9.17) is 11.6 Å². The van der Waals surface area contributed by atoms with Crippen molar-refractivity contribution in [3.8, 4) is 0 Å². The fourth-order valence-corrected chi connectivity index (χ4v) is 5.26. The number of hydrogen-bond donors (Lipinski definition) is 1. The summed E-state index contributed by atoms with van der Waals surface area (Å²) in [6, 6.07) is 6.91. The first-order valence-corrected chi connectivity index (χ1v) is 8.70. The Morgan fingerprint density at radius 1 is 1.28 bits per heavy atom. The first-order chi connectivity index (χ1) is 8.31. The van der Waals surface area contributed by atoms with E-state index in [1.165, 1.54) is 17.4 Å². The van der Waals surface area contributed by atoms with Gasteiger partial charge >= 0.3 is 0 Å². The van der Waals surface area contributed by atoms with Crippen LogP contribution in [0.3, 0.4) is 0 Å². The van der Waals surface area contributed by atoms with Crippen molar-refractivity contribution in [2.24, 2.45) is 0 Å². The summed E-state index contributed by atoms with van der Waals surface area (Å²) >= 11 is 8.34. The molecule has 0 fully saturated rings. The summed E-state index contributed by atoms with van der Waals surface area (Å²) in [4.78, 5) is 0.966. The fraction of sp³-hybridized carbons (Fsp3) is 0.273. The van der Waals surface area contributed by atoms with Gasteiger partial charge in [0.05, 0.1) is 9.88 Å². The van der Waals surface area contributed by atoms with Gasteiger partial charge in [-0.05, 0) is 37.4 Å². The minimum Gasteiger partial charge on any atom is -0.206 e. The van der Waals surface area contributed by atoms with Crippen LogP contribution in [0.15, 0.2) is 33.9 Å². The van der Waals surface area contributed by atoms with Crippen LogP contribution in [0.25, 0.3) is 0 Å². The molecular formula is C11H12ClNO2S3. The highest BCUT2D eigenvalue weighted by molar-refractivity contribution is 7.91. The Morgan fingerprint density at radius 2 is 2.00 bits per heavy atom. The van der Waals surface area contributed by atoms with Gasteiger partial charge in [0.1, 0.15) is 4.21 Å². The van der Waals surface area contributed by atoms with Crippen molar-refractivity contribution < 1.29 is 8.42 Å². The van der Waals surface area contributed by atoms with Crippen molar-refractivity contribution in [1.82, 2.24) is 4.72 Å². The maximum Gasteiger partial charge on any atom is 0.250 e. The van der Waals surface area contributed by atoms with E-state index in [2.05, 4.69) is 4.72 Å². The molecule has 0 aliphatic heterocycles. The van der Waals surface area contributed by atoms with Crippen molar-refractivity contribution >= 4 is 44.3 Å². The number of nitrogens with one attached hydrogen (secondary N) is 1. The first-order valence-electron chi connectivity index (χ1n) is 5.14. The van der Waals surface area contributed by atoms with Gasteiger partial charge < -0.3 is 0 Å². The van der Waals surface area contributed by atoms with Crippen LogP contribution in [0.1, 0.15) is 18.7 Å². The molecule has 0 bridgehead atoms. The Bertz CT molecular complexity index is 629. The summed E-state index contributed by atoms with van der Waals surface area (Å²) in [5.41, 5.74) is -0.635. The highest BCUT2D eigenvalue weighted by Gasteiger charge is 2.29. The molecule has 2 rings (SSSR count). The number of rotatable bonds is 4. The minimum absolute atomic E-state index is 0.233. The second-order valence-electron chi connectivity index (χ2n) is 4.27. The lowest BCUT2D eigenvalue weighted by Gasteiger charge is -2.24. The molecule has 98 valence electrons. The molecule has 0 aromatic carbocycles. The van der Waals surface area contributed by atoms with Gasteiger partial charge in [-0.25, -0.2) is 8.42 Å². The van der Waals surface area contributed by atoms with E-state index in [1.807, 2.05) is 31.4 Å². The molecule has 0 saturated heterocycles. The molecule has 0 unspecified atom stereocenters. The molecule has 0 amide bonds. The molecule has 0 aliphatic rings. The van der Waals surface area contributed by atoms with Gasteiger partial charge in [0.2, 0.25) is 0 Å². The van der Waals surface area contributed by atoms with Crippen molar-refractivity contribution in [2.45, 2.75) is 23.6 Å². The standard InChI is InChI=1S/C11H12ClNO2S3/c1-11(2,8-4-3-7-16-8)13-18(14,15)10-6-5-9(12)17-10/h3-7,13H,1-2H3. The van der Waals surface area contributed by atoms with Crippen LogP contribution in [0.2, 0.25) is 4.34 Å². The van der Waals surface area contributed by atoms with Crippen LogP contribution in [0.5, 0.6) is 0 Å². The molecule has 1 N–H and O–H groups in total. The molecule has 0 spiro atoms. The second-order valence-corrected chi connectivity index (χ2v) is 8.84. The van der Waals surface area contributed by atoms with E-state index >= 15 is 0 Å². The number of halogens is 1. The monoisotopic (exact) mass is 321 g/mol.